The number of H-pyrrole nitrogens is 1. The highest BCUT2D eigenvalue weighted by molar-refractivity contribution is 5.93. The molecular formula is C19H18F4N4O2. The quantitative estimate of drug-likeness (QED) is 0.760. The molecule has 1 aromatic heterocycles. The number of nitrogens with zero attached hydrogens (tertiary/aromatic N) is 2. The summed E-state index contributed by atoms with van der Waals surface area (Å²) in [5.41, 5.74) is -2.62. The van der Waals surface area contributed by atoms with Crippen molar-refractivity contribution in [1.29, 1.82) is 0 Å². The number of alkyl halides is 3. The van der Waals surface area contributed by atoms with Crippen LogP contribution in [0.5, 0.6) is 0 Å². The van der Waals surface area contributed by atoms with Crippen LogP contribution in [0.2, 0.25) is 0 Å². The SMILES string of the molecule is O=C(NC1(c2ccc(C(F)(F)F)c(F)c2)CC1)c1cc(=O)[nH]c(N2CCCC2)n1. The lowest BCUT2D eigenvalue weighted by atomic mass is 10.0. The summed E-state index contributed by atoms with van der Waals surface area (Å²) >= 11 is 0. The van der Waals surface area contributed by atoms with Gasteiger partial charge in [-0.3, -0.25) is 14.6 Å². The van der Waals surface area contributed by atoms with Crippen molar-refractivity contribution in [2.45, 2.75) is 37.4 Å². The maximum absolute atomic E-state index is 13.9. The minimum Gasteiger partial charge on any atom is -0.342 e. The maximum atomic E-state index is 13.9. The fourth-order valence-corrected chi connectivity index (χ4v) is 3.57. The molecule has 2 aromatic rings. The van der Waals surface area contributed by atoms with E-state index < -0.39 is 34.6 Å². The molecular weight excluding hydrogens is 392 g/mol. The van der Waals surface area contributed by atoms with Crippen molar-refractivity contribution in [3.8, 4) is 0 Å². The van der Waals surface area contributed by atoms with Gasteiger partial charge in [-0.1, -0.05) is 6.07 Å². The van der Waals surface area contributed by atoms with Crippen LogP contribution in [-0.4, -0.2) is 29.0 Å². The largest absolute Gasteiger partial charge is 0.419 e. The number of benzene rings is 1. The number of carbonyl (C=O) groups is 1. The lowest BCUT2D eigenvalue weighted by Crippen LogP contribution is -2.36. The van der Waals surface area contributed by atoms with Crippen molar-refractivity contribution in [1.82, 2.24) is 15.3 Å². The Kier molecular flexibility index (Phi) is 4.59. The highest BCUT2D eigenvalue weighted by Gasteiger charge is 2.47. The van der Waals surface area contributed by atoms with Gasteiger partial charge in [0.25, 0.3) is 11.5 Å². The highest BCUT2D eigenvalue weighted by atomic mass is 19.4. The molecule has 0 spiro atoms. The van der Waals surface area contributed by atoms with Gasteiger partial charge < -0.3 is 10.2 Å². The van der Waals surface area contributed by atoms with Gasteiger partial charge in [-0.15, -0.1) is 0 Å². The summed E-state index contributed by atoms with van der Waals surface area (Å²) in [6.45, 7) is 1.45. The number of rotatable bonds is 4. The van der Waals surface area contributed by atoms with Gasteiger partial charge in [0.1, 0.15) is 11.5 Å². The number of halogens is 4. The Morgan fingerprint density at radius 1 is 1.17 bits per heavy atom. The second-order valence-electron chi connectivity index (χ2n) is 7.38. The van der Waals surface area contributed by atoms with E-state index in [2.05, 4.69) is 15.3 Å². The number of hydrogen-bond acceptors (Lipinski definition) is 4. The molecule has 1 aromatic carbocycles. The van der Waals surface area contributed by atoms with Crippen LogP contribution < -0.4 is 15.8 Å². The molecule has 0 unspecified atom stereocenters. The normalized spacial score (nSPS) is 18.0. The molecule has 1 aliphatic carbocycles. The van der Waals surface area contributed by atoms with Crippen LogP contribution in [0.25, 0.3) is 0 Å². The molecule has 2 heterocycles. The van der Waals surface area contributed by atoms with Crippen molar-refractivity contribution in [2.75, 3.05) is 18.0 Å². The Labute approximate surface area is 162 Å². The van der Waals surface area contributed by atoms with Gasteiger partial charge in [0.2, 0.25) is 5.95 Å². The summed E-state index contributed by atoms with van der Waals surface area (Å²) < 4.78 is 52.3. The summed E-state index contributed by atoms with van der Waals surface area (Å²) in [6.07, 6.45) is -1.97. The van der Waals surface area contributed by atoms with Crippen LogP contribution in [0.4, 0.5) is 23.5 Å². The first-order chi connectivity index (χ1) is 13.7. The van der Waals surface area contributed by atoms with Gasteiger partial charge in [-0.2, -0.15) is 13.2 Å². The van der Waals surface area contributed by atoms with Crippen LogP contribution in [0.1, 0.15) is 47.3 Å². The van der Waals surface area contributed by atoms with Crippen LogP contribution >= 0.6 is 0 Å². The van der Waals surface area contributed by atoms with Crippen molar-refractivity contribution in [2.24, 2.45) is 0 Å². The Balaban J connectivity index is 1.57. The zero-order valence-electron chi connectivity index (χ0n) is 15.3. The third-order valence-corrected chi connectivity index (χ3v) is 5.30. The third kappa shape index (κ3) is 3.83. The molecule has 29 heavy (non-hydrogen) atoms. The van der Waals surface area contributed by atoms with E-state index in [1.807, 2.05) is 4.90 Å². The lowest BCUT2D eigenvalue weighted by Gasteiger charge is -2.20. The Bertz CT molecular complexity index is 1010. The van der Waals surface area contributed by atoms with Gasteiger partial charge in [-0.05, 0) is 43.4 Å². The smallest absolute Gasteiger partial charge is 0.342 e. The number of anilines is 1. The third-order valence-electron chi connectivity index (χ3n) is 5.30. The van der Waals surface area contributed by atoms with Gasteiger partial charge >= 0.3 is 6.18 Å². The molecule has 1 amide bonds. The molecule has 2 N–H and O–H groups in total. The Morgan fingerprint density at radius 3 is 2.45 bits per heavy atom. The van der Waals surface area contributed by atoms with Gasteiger partial charge in [0, 0.05) is 19.2 Å². The van der Waals surface area contributed by atoms with Crippen LogP contribution in [0, 0.1) is 5.82 Å². The molecule has 10 heteroatoms. The number of nitrogens with one attached hydrogen (secondary N) is 2. The molecule has 6 nitrogen and oxygen atoms in total. The van der Waals surface area contributed by atoms with Crippen molar-refractivity contribution in [3.05, 3.63) is 57.3 Å². The first kappa shape index (κ1) is 19.4. The van der Waals surface area contributed by atoms with Crippen LogP contribution in [0.15, 0.2) is 29.1 Å². The van der Waals surface area contributed by atoms with Crippen LogP contribution in [0.3, 0.4) is 0 Å². The van der Waals surface area contributed by atoms with E-state index in [0.717, 1.165) is 38.1 Å². The van der Waals surface area contributed by atoms with E-state index in [-0.39, 0.29) is 11.3 Å². The molecule has 2 fully saturated rings. The van der Waals surface area contributed by atoms with Gasteiger partial charge in [-0.25, -0.2) is 9.37 Å². The summed E-state index contributed by atoms with van der Waals surface area (Å²) in [5, 5.41) is 2.71. The fourth-order valence-electron chi connectivity index (χ4n) is 3.57. The number of aromatic nitrogens is 2. The zero-order valence-corrected chi connectivity index (χ0v) is 15.3. The van der Waals surface area contributed by atoms with Crippen molar-refractivity contribution >= 4 is 11.9 Å². The molecule has 1 saturated carbocycles. The van der Waals surface area contributed by atoms with E-state index in [9.17, 15) is 27.2 Å². The average molecular weight is 410 g/mol. The number of hydrogen-bond donors (Lipinski definition) is 2. The van der Waals surface area contributed by atoms with Crippen LogP contribution in [-0.2, 0) is 11.7 Å². The molecule has 154 valence electrons. The first-order valence-corrected chi connectivity index (χ1v) is 9.24. The first-order valence-electron chi connectivity index (χ1n) is 9.24. The van der Waals surface area contributed by atoms with Gasteiger partial charge in [0.15, 0.2) is 0 Å². The summed E-state index contributed by atoms with van der Waals surface area (Å²) in [5.74, 6) is -1.71. The van der Waals surface area contributed by atoms with E-state index >= 15 is 0 Å². The summed E-state index contributed by atoms with van der Waals surface area (Å²) in [4.78, 5) is 33.3. The van der Waals surface area contributed by atoms with E-state index in [0.29, 0.717) is 24.9 Å². The fraction of sp³-hybridized carbons (Fsp3) is 0.421. The standard InChI is InChI=1S/C19H18F4N4O2/c20-13-9-11(3-4-12(13)19(21,22)23)18(5-6-18)26-16(29)14-10-15(28)25-17(24-14)27-7-1-2-8-27/h3-4,9-10H,1-2,5-8H2,(H,26,29)(H,24,25,28). The highest BCUT2D eigenvalue weighted by Crippen LogP contribution is 2.46. The molecule has 0 radical (unpaired) electrons. The number of carbonyl (C=O) groups excluding carboxylic acids is 1. The average Bonchev–Trinajstić information content (AvgIpc) is 3.21. The van der Waals surface area contributed by atoms with Gasteiger partial charge in [0.05, 0.1) is 11.1 Å². The zero-order chi connectivity index (χ0) is 20.8. The van der Waals surface area contributed by atoms with E-state index in [4.69, 9.17) is 0 Å². The lowest BCUT2D eigenvalue weighted by molar-refractivity contribution is -0.140. The molecule has 0 atom stereocenters. The number of aromatic amines is 1. The molecule has 4 rings (SSSR count). The van der Waals surface area contributed by atoms with E-state index in [1.165, 1.54) is 6.07 Å². The summed E-state index contributed by atoms with van der Waals surface area (Å²) in [7, 11) is 0. The minimum absolute atomic E-state index is 0.0886. The second-order valence-corrected chi connectivity index (χ2v) is 7.38. The maximum Gasteiger partial charge on any atom is 0.419 e. The molecule has 2 aliphatic rings. The minimum atomic E-state index is -4.79. The molecule has 0 bridgehead atoms. The van der Waals surface area contributed by atoms with Crippen molar-refractivity contribution in [3.63, 3.8) is 0 Å². The van der Waals surface area contributed by atoms with Crippen molar-refractivity contribution < 1.29 is 22.4 Å². The predicted molar refractivity (Wildman–Crippen MR) is 96.1 cm³/mol. The second kappa shape index (κ2) is 6.85. The monoisotopic (exact) mass is 410 g/mol. The summed E-state index contributed by atoms with van der Waals surface area (Å²) in [6, 6.07) is 3.71. The number of amides is 1. The Morgan fingerprint density at radius 2 is 1.86 bits per heavy atom. The predicted octanol–water partition coefficient (Wildman–Crippen LogP) is 2.95. The Hall–Kier alpha value is -2.91. The van der Waals surface area contributed by atoms with E-state index in [1.54, 1.807) is 0 Å². The topological polar surface area (TPSA) is 78.1 Å². The molecule has 1 aliphatic heterocycles. The molecule has 1 saturated heterocycles.